The van der Waals surface area contributed by atoms with Gasteiger partial charge >= 0.3 is 0 Å². The molecule has 4 nitrogen and oxygen atoms in total. The van der Waals surface area contributed by atoms with E-state index >= 15 is 0 Å². The zero-order chi connectivity index (χ0) is 12.5. The first-order valence-electron chi connectivity index (χ1n) is 5.68. The monoisotopic (exact) mass is 253 g/mol. The third-order valence-corrected chi connectivity index (χ3v) is 4.25. The maximum atomic E-state index is 11.8. The Morgan fingerprint density at radius 1 is 1.41 bits per heavy atom. The number of Topliss-reactive ketones (excluding diaryl/α,β-unsaturated/α-hetero) is 1. The molecule has 1 aliphatic carbocycles. The number of rotatable bonds is 5. The minimum atomic E-state index is -3.47. The Morgan fingerprint density at radius 3 is 2.71 bits per heavy atom. The highest BCUT2D eigenvalue weighted by Crippen LogP contribution is 2.32. The second-order valence-corrected chi connectivity index (χ2v) is 5.93. The van der Waals surface area contributed by atoms with E-state index in [9.17, 15) is 13.2 Å². The summed E-state index contributed by atoms with van der Waals surface area (Å²) in [5, 5.41) is 0. The summed E-state index contributed by atoms with van der Waals surface area (Å²) in [6.45, 7) is 2.06. The molecule has 0 radical (unpaired) electrons. The summed E-state index contributed by atoms with van der Waals surface area (Å²) >= 11 is 0. The highest BCUT2D eigenvalue weighted by atomic mass is 32.2. The highest BCUT2D eigenvalue weighted by Gasteiger charge is 2.30. The molecule has 0 saturated heterocycles. The molecular weight excluding hydrogens is 238 g/mol. The summed E-state index contributed by atoms with van der Waals surface area (Å²) in [6, 6.07) is 6.24. The Kier molecular flexibility index (Phi) is 3.31. The Balaban J connectivity index is 2.31. The molecule has 0 spiro atoms. The SMILES string of the molecule is CCNS(=O)(=O)c1cccc(C(=O)C2CC2)c1. The van der Waals surface area contributed by atoms with Gasteiger partial charge in [-0.15, -0.1) is 0 Å². The molecule has 17 heavy (non-hydrogen) atoms. The van der Waals surface area contributed by atoms with Crippen LogP contribution in [0.1, 0.15) is 30.1 Å². The van der Waals surface area contributed by atoms with Gasteiger partial charge in [-0.3, -0.25) is 4.79 Å². The van der Waals surface area contributed by atoms with Crippen LogP contribution in [0, 0.1) is 5.92 Å². The Hall–Kier alpha value is -1.20. The number of nitrogens with one attached hydrogen (secondary N) is 1. The number of ketones is 1. The van der Waals surface area contributed by atoms with Crippen LogP contribution in [0.25, 0.3) is 0 Å². The van der Waals surface area contributed by atoms with Crippen molar-refractivity contribution in [3.8, 4) is 0 Å². The van der Waals surface area contributed by atoms with Crippen LogP contribution in [0.3, 0.4) is 0 Å². The molecule has 0 atom stereocenters. The molecule has 2 rings (SSSR count). The van der Waals surface area contributed by atoms with Crippen LogP contribution >= 0.6 is 0 Å². The van der Waals surface area contributed by atoms with Crippen molar-refractivity contribution in [3.05, 3.63) is 29.8 Å². The van der Waals surface area contributed by atoms with Gasteiger partial charge in [-0.1, -0.05) is 19.1 Å². The minimum Gasteiger partial charge on any atom is -0.294 e. The minimum absolute atomic E-state index is 0.0542. The summed E-state index contributed by atoms with van der Waals surface area (Å²) in [5.41, 5.74) is 0.492. The third kappa shape index (κ3) is 2.73. The second kappa shape index (κ2) is 4.58. The van der Waals surface area contributed by atoms with Gasteiger partial charge in [0.1, 0.15) is 0 Å². The number of benzene rings is 1. The lowest BCUT2D eigenvalue weighted by Crippen LogP contribution is -2.23. The Morgan fingerprint density at radius 2 is 2.12 bits per heavy atom. The Labute approximate surface area is 101 Å². The van der Waals surface area contributed by atoms with Gasteiger partial charge in [-0.25, -0.2) is 13.1 Å². The molecule has 0 unspecified atom stereocenters. The zero-order valence-electron chi connectivity index (χ0n) is 9.64. The van der Waals surface area contributed by atoms with Gasteiger partial charge in [0.15, 0.2) is 5.78 Å². The lowest BCUT2D eigenvalue weighted by atomic mass is 10.1. The van der Waals surface area contributed by atoms with E-state index in [0.717, 1.165) is 12.8 Å². The number of sulfonamides is 1. The average molecular weight is 253 g/mol. The van der Waals surface area contributed by atoms with E-state index in [0.29, 0.717) is 12.1 Å². The lowest BCUT2D eigenvalue weighted by molar-refractivity contribution is 0.0967. The van der Waals surface area contributed by atoms with Crippen LogP contribution in [0.5, 0.6) is 0 Å². The van der Waals surface area contributed by atoms with Crippen molar-refractivity contribution in [2.45, 2.75) is 24.7 Å². The Bertz CT molecular complexity index is 532. The molecule has 92 valence electrons. The van der Waals surface area contributed by atoms with E-state index in [2.05, 4.69) is 4.72 Å². The summed E-state index contributed by atoms with van der Waals surface area (Å²) in [6.07, 6.45) is 1.84. The molecule has 1 aromatic rings. The van der Waals surface area contributed by atoms with Crippen LogP contribution < -0.4 is 4.72 Å². The quantitative estimate of drug-likeness (QED) is 0.810. The molecule has 0 heterocycles. The highest BCUT2D eigenvalue weighted by molar-refractivity contribution is 7.89. The standard InChI is InChI=1S/C12H15NO3S/c1-2-13-17(15,16)11-5-3-4-10(8-11)12(14)9-6-7-9/h3-5,8-9,13H,2,6-7H2,1H3. The van der Waals surface area contributed by atoms with Gasteiger partial charge in [0.2, 0.25) is 10.0 Å². The van der Waals surface area contributed by atoms with E-state index in [1.165, 1.54) is 12.1 Å². The third-order valence-electron chi connectivity index (χ3n) is 2.71. The predicted octanol–water partition coefficient (Wildman–Crippen LogP) is 1.58. The van der Waals surface area contributed by atoms with E-state index in [-0.39, 0.29) is 16.6 Å². The number of hydrogen-bond acceptors (Lipinski definition) is 3. The van der Waals surface area contributed by atoms with Crippen molar-refractivity contribution in [1.29, 1.82) is 0 Å². The predicted molar refractivity (Wildman–Crippen MR) is 64.4 cm³/mol. The maximum Gasteiger partial charge on any atom is 0.240 e. The smallest absolute Gasteiger partial charge is 0.240 e. The lowest BCUT2D eigenvalue weighted by Gasteiger charge is -2.06. The summed E-state index contributed by atoms with van der Waals surface area (Å²) in [4.78, 5) is 12.0. The van der Waals surface area contributed by atoms with Crippen molar-refractivity contribution < 1.29 is 13.2 Å². The molecule has 1 saturated carbocycles. The molecule has 0 amide bonds. The molecule has 5 heteroatoms. The van der Waals surface area contributed by atoms with E-state index in [1.54, 1.807) is 19.1 Å². The summed E-state index contributed by atoms with van der Waals surface area (Å²) < 4.78 is 26.0. The van der Waals surface area contributed by atoms with Crippen LogP contribution in [0.15, 0.2) is 29.2 Å². The molecule has 1 aromatic carbocycles. The van der Waals surface area contributed by atoms with Crippen LogP contribution in [-0.4, -0.2) is 20.7 Å². The normalized spacial score (nSPS) is 15.8. The number of carbonyl (C=O) groups excluding carboxylic acids is 1. The van der Waals surface area contributed by atoms with Crippen LogP contribution in [-0.2, 0) is 10.0 Å². The van der Waals surface area contributed by atoms with E-state index < -0.39 is 10.0 Å². The van der Waals surface area contributed by atoms with Crippen molar-refractivity contribution in [1.82, 2.24) is 4.72 Å². The molecule has 1 aliphatic rings. The average Bonchev–Trinajstić information content (AvgIpc) is 3.12. The summed E-state index contributed by atoms with van der Waals surface area (Å²) in [7, 11) is -3.47. The largest absolute Gasteiger partial charge is 0.294 e. The first-order valence-corrected chi connectivity index (χ1v) is 7.17. The zero-order valence-corrected chi connectivity index (χ0v) is 10.5. The molecule has 1 N–H and O–H groups in total. The van der Waals surface area contributed by atoms with Gasteiger partial charge in [-0.05, 0) is 25.0 Å². The first kappa shape index (κ1) is 12.3. The molecule has 0 aromatic heterocycles. The van der Waals surface area contributed by atoms with E-state index in [4.69, 9.17) is 0 Å². The summed E-state index contributed by atoms with van der Waals surface area (Å²) in [5.74, 6) is 0.158. The van der Waals surface area contributed by atoms with Crippen molar-refractivity contribution >= 4 is 15.8 Å². The fourth-order valence-corrected chi connectivity index (χ4v) is 2.76. The molecule has 0 aliphatic heterocycles. The molecule has 0 bridgehead atoms. The van der Waals surface area contributed by atoms with Crippen molar-refractivity contribution in [2.24, 2.45) is 5.92 Å². The van der Waals surface area contributed by atoms with Gasteiger partial charge < -0.3 is 0 Å². The maximum absolute atomic E-state index is 11.8. The van der Waals surface area contributed by atoms with Gasteiger partial charge in [-0.2, -0.15) is 0 Å². The number of hydrogen-bond donors (Lipinski definition) is 1. The van der Waals surface area contributed by atoms with Gasteiger partial charge in [0.05, 0.1) is 4.90 Å². The number of carbonyl (C=O) groups is 1. The molecular formula is C12H15NO3S. The molecule has 1 fully saturated rings. The topological polar surface area (TPSA) is 63.2 Å². The van der Waals surface area contributed by atoms with Crippen LogP contribution in [0.2, 0.25) is 0 Å². The fourth-order valence-electron chi connectivity index (χ4n) is 1.67. The van der Waals surface area contributed by atoms with Crippen molar-refractivity contribution in [3.63, 3.8) is 0 Å². The van der Waals surface area contributed by atoms with Crippen LogP contribution in [0.4, 0.5) is 0 Å². The fraction of sp³-hybridized carbons (Fsp3) is 0.417. The van der Waals surface area contributed by atoms with Gasteiger partial charge in [0.25, 0.3) is 0 Å². The van der Waals surface area contributed by atoms with E-state index in [1.807, 2.05) is 0 Å². The van der Waals surface area contributed by atoms with Crippen molar-refractivity contribution in [2.75, 3.05) is 6.54 Å². The second-order valence-electron chi connectivity index (χ2n) is 4.17. The van der Waals surface area contributed by atoms with Gasteiger partial charge in [0, 0.05) is 18.0 Å². The first-order chi connectivity index (χ1) is 8.04.